The van der Waals surface area contributed by atoms with Crippen molar-refractivity contribution < 1.29 is 9.32 Å². The number of likely N-dealkylation sites (N-methyl/N-ethyl adjacent to an activating group) is 1. The smallest absolute Gasteiger partial charge is 0.349 e. The van der Waals surface area contributed by atoms with Gasteiger partial charge in [-0.3, -0.25) is 4.79 Å². The second-order valence-electron chi connectivity index (χ2n) is 4.57. The lowest BCUT2D eigenvalue weighted by Crippen LogP contribution is -2.43. The number of carbonyl (C=O) groups excluding carboxylic acids is 1. The van der Waals surface area contributed by atoms with Gasteiger partial charge in [-0.15, -0.1) is 0 Å². The lowest BCUT2D eigenvalue weighted by Gasteiger charge is -2.27. The summed E-state index contributed by atoms with van der Waals surface area (Å²) in [6.45, 7) is 4.71. The minimum absolute atomic E-state index is 0.149. The summed E-state index contributed by atoms with van der Waals surface area (Å²) in [4.78, 5) is 24.5. The fourth-order valence-electron chi connectivity index (χ4n) is 1.70. The van der Waals surface area contributed by atoms with Crippen molar-refractivity contribution in [3.05, 3.63) is 22.2 Å². The topological polar surface area (TPSA) is 78.3 Å². The van der Waals surface area contributed by atoms with Crippen LogP contribution >= 0.6 is 0 Å². The Kier molecular flexibility index (Phi) is 4.51. The molecule has 0 bridgehead atoms. The van der Waals surface area contributed by atoms with E-state index in [0.717, 1.165) is 6.07 Å². The highest BCUT2D eigenvalue weighted by molar-refractivity contribution is 5.91. The van der Waals surface area contributed by atoms with Gasteiger partial charge < -0.3 is 14.7 Å². The molecule has 0 aromatic carbocycles. The predicted octanol–water partition coefficient (Wildman–Crippen LogP) is 0.284. The van der Waals surface area contributed by atoms with Crippen molar-refractivity contribution in [2.75, 3.05) is 20.6 Å². The molecule has 1 rings (SSSR count). The Morgan fingerprint density at radius 1 is 1.53 bits per heavy atom. The number of rotatable bonds is 5. The molecule has 1 aromatic heterocycles. The van der Waals surface area contributed by atoms with Crippen LogP contribution in [-0.4, -0.2) is 42.6 Å². The summed E-state index contributed by atoms with van der Waals surface area (Å²) < 4.78 is 4.44. The Balaban J connectivity index is 2.55. The Morgan fingerprint density at radius 2 is 2.18 bits per heavy atom. The van der Waals surface area contributed by atoms with Gasteiger partial charge in [0.25, 0.3) is 5.91 Å². The van der Waals surface area contributed by atoms with Gasteiger partial charge in [0.15, 0.2) is 0 Å². The molecule has 6 heteroatoms. The minimum atomic E-state index is -0.553. The minimum Gasteiger partial charge on any atom is -0.349 e. The zero-order valence-corrected chi connectivity index (χ0v) is 10.6. The zero-order valence-electron chi connectivity index (χ0n) is 10.6. The predicted molar refractivity (Wildman–Crippen MR) is 64.0 cm³/mol. The monoisotopic (exact) mass is 241 g/mol. The van der Waals surface area contributed by atoms with Crippen molar-refractivity contribution in [3.8, 4) is 0 Å². The van der Waals surface area contributed by atoms with Crippen LogP contribution in [-0.2, 0) is 0 Å². The van der Waals surface area contributed by atoms with Crippen molar-refractivity contribution in [2.24, 2.45) is 5.92 Å². The van der Waals surface area contributed by atoms with Gasteiger partial charge in [0.2, 0.25) is 0 Å². The molecule has 0 saturated heterocycles. The third-order valence-corrected chi connectivity index (χ3v) is 2.67. The average molecular weight is 241 g/mol. The van der Waals surface area contributed by atoms with Gasteiger partial charge in [-0.25, -0.2) is 9.95 Å². The number of H-pyrrole nitrogens is 1. The van der Waals surface area contributed by atoms with Crippen molar-refractivity contribution >= 4 is 5.91 Å². The van der Waals surface area contributed by atoms with E-state index in [9.17, 15) is 9.59 Å². The first-order valence-electron chi connectivity index (χ1n) is 5.55. The van der Waals surface area contributed by atoms with Crippen molar-refractivity contribution in [2.45, 2.75) is 19.9 Å². The molecule has 0 aliphatic carbocycles. The van der Waals surface area contributed by atoms with E-state index in [2.05, 4.69) is 33.7 Å². The summed E-state index contributed by atoms with van der Waals surface area (Å²) in [6, 6.07) is 1.38. The summed E-state index contributed by atoms with van der Waals surface area (Å²) in [5.74, 6) is 0.0945. The van der Waals surface area contributed by atoms with Crippen LogP contribution in [0, 0.1) is 5.92 Å². The van der Waals surface area contributed by atoms with Crippen molar-refractivity contribution in [3.63, 3.8) is 0 Å². The van der Waals surface area contributed by atoms with Crippen LogP contribution in [0.2, 0.25) is 0 Å². The van der Waals surface area contributed by atoms with E-state index >= 15 is 0 Å². The number of aromatic nitrogens is 1. The SMILES string of the molecule is CC(C)C(CNC(=O)c1cc(=O)o[nH]1)N(C)C. The number of nitrogens with one attached hydrogen (secondary N) is 2. The number of aromatic amines is 1. The van der Waals surface area contributed by atoms with Crippen LogP contribution < -0.4 is 10.9 Å². The Morgan fingerprint density at radius 3 is 2.59 bits per heavy atom. The van der Waals surface area contributed by atoms with E-state index in [0.29, 0.717) is 12.5 Å². The molecule has 17 heavy (non-hydrogen) atoms. The van der Waals surface area contributed by atoms with Crippen molar-refractivity contribution in [1.82, 2.24) is 15.4 Å². The highest BCUT2D eigenvalue weighted by Gasteiger charge is 2.17. The second kappa shape index (κ2) is 5.67. The number of nitrogens with zero attached hydrogens (tertiary/aromatic N) is 1. The summed E-state index contributed by atoms with van der Waals surface area (Å²) in [7, 11) is 3.94. The lowest BCUT2D eigenvalue weighted by molar-refractivity contribution is 0.0925. The maximum Gasteiger partial charge on any atom is 0.358 e. The van der Waals surface area contributed by atoms with E-state index in [1.165, 1.54) is 0 Å². The molecule has 0 aliphatic heterocycles. The summed E-state index contributed by atoms with van der Waals surface area (Å²) >= 11 is 0. The van der Waals surface area contributed by atoms with Gasteiger partial charge in [0.05, 0.1) is 6.07 Å². The number of hydrogen-bond donors (Lipinski definition) is 2. The van der Waals surface area contributed by atoms with Gasteiger partial charge in [0.1, 0.15) is 5.69 Å². The first kappa shape index (κ1) is 13.5. The van der Waals surface area contributed by atoms with Crippen LogP contribution in [0.5, 0.6) is 0 Å². The molecule has 1 heterocycles. The Labute approximate surface area is 99.9 Å². The summed E-state index contributed by atoms with van der Waals surface area (Å²) in [5, 5.41) is 5.04. The Bertz CT molecular complexity index is 412. The Hall–Kier alpha value is -1.56. The average Bonchev–Trinajstić information content (AvgIpc) is 2.63. The number of amides is 1. The summed E-state index contributed by atoms with van der Waals surface area (Å²) in [5.41, 5.74) is -0.403. The standard InChI is InChI=1S/C11H19N3O3/c1-7(2)9(14(3)4)6-12-11(16)8-5-10(15)17-13-8/h5,7,9,13H,6H2,1-4H3,(H,12,16). The number of hydrogen-bond acceptors (Lipinski definition) is 4. The van der Waals surface area contributed by atoms with Gasteiger partial charge in [0, 0.05) is 12.6 Å². The van der Waals surface area contributed by atoms with Gasteiger partial charge >= 0.3 is 5.63 Å². The van der Waals surface area contributed by atoms with E-state index in [1.807, 2.05) is 14.1 Å². The molecule has 0 radical (unpaired) electrons. The van der Waals surface area contributed by atoms with E-state index in [-0.39, 0.29) is 17.6 Å². The lowest BCUT2D eigenvalue weighted by atomic mass is 10.0. The van der Waals surface area contributed by atoms with E-state index in [1.54, 1.807) is 0 Å². The summed E-state index contributed by atoms with van der Waals surface area (Å²) in [6.07, 6.45) is 0. The molecule has 0 aliphatic rings. The number of carbonyl (C=O) groups is 1. The second-order valence-corrected chi connectivity index (χ2v) is 4.57. The van der Waals surface area contributed by atoms with Crippen LogP contribution in [0.3, 0.4) is 0 Å². The van der Waals surface area contributed by atoms with Gasteiger partial charge in [-0.2, -0.15) is 0 Å². The van der Waals surface area contributed by atoms with E-state index < -0.39 is 5.63 Å². The molecule has 1 amide bonds. The maximum atomic E-state index is 11.6. The molecule has 96 valence electrons. The molecule has 1 aromatic rings. The van der Waals surface area contributed by atoms with Gasteiger partial charge in [-0.05, 0) is 20.0 Å². The van der Waals surface area contributed by atoms with Gasteiger partial charge in [-0.1, -0.05) is 13.8 Å². The molecular weight excluding hydrogens is 222 g/mol. The fraction of sp³-hybridized carbons (Fsp3) is 0.636. The van der Waals surface area contributed by atoms with Crippen molar-refractivity contribution in [1.29, 1.82) is 0 Å². The quantitative estimate of drug-likeness (QED) is 0.776. The molecular formula is C11H19N3O3. The highest BCUT2D eigenvalue weighted by Crippen LogP contribution is 2.06. The maximum absolute atomic E-state index is 11.6. The van der Waals surface area contributed by atoms with Crippen LogP contribution in [0.15, 0.2) is 15.4 Å². The molecule has 0 saturated carbocycles. The van der Waals surface area contributed by atoms with Crippen LogP contribution in [0.4, 0.5) is 0 Å². The molecule has 1 unspecified atom stereocenters. The fourth-order valence-corrected chi connectivity index (χ4v) is 1.70. The first-order chi connectivity index (χ1) is 7.91. The van der Waals surface area contributed by atoms with E-state index in [4.69, 9.17) is 0 Å². The molecule has 6 nitrogen and oxygen atoms in total. The third kappa shape index (κ3) is 3.74. The van der Waals surface area contributed by atoms with Crippen LogP contribution in [0.25, 0.3) is 0 Å². The normalized spacial score (nSPS) is 13.1. The highest BCUT2D eigenvalue weighted by atomic mass is 16.5. The molecule has 1 atom stereocenters. The third-order valence-electron chi connectivity index (χ3n) is 2.67. The largest absolute Gasteiger partial charge is 0.358 e. The molecule has 0 spiro atoms. The first-order valence-corrected chi connectivity index (χ1v) is 5.55. The molecule has 0 fully saturated rings. The van der Waals surface area contributed by atoms with Crippen LogP contribution in [0.1, 0.15) is 24.3 Å². The zero-order chi connectivity index (χ0) is 13.0. The molecule has 2 N–H and O–H groups in total.